The molecule has 0 aromatic rings. The molecule has 1 amide bonds. The standard InChI is InChI=1S/C52H97NO4/c1-3-5-7-9-11-13-15-17-19-20-21-22-23-24-25-26-27-28-29-30-31-32-33-35-37-39-41-43-45-47-51(56)53-49(48-54)52(57)50(55)46-44-42-40-38-36-34-18-16-14-12-10-8-6-4-2/h16,18,21-22,24-25,38,40,49-50,52,54-55,57H,3-15,17,19-20,23,26-37,39,41-48H2,1-2H3,(H,53,56)/b18-16+,22-21-,25-24-,40-38+. The third-order valence-corrected chi connectivity index (χ3v) is 11.4. The number of unbranched alkanes of at least 4 members (excludes halogenated alkanes) is 29. The third kappa shape index (κ3) is 42.2. The van der Waals surface area contributed by atoms with E-state index in [0.717, 1.165) is 51.4 Å². The molecule has 3 unspecified atom stereocenters. The van der Waals surface area contributed by atoms with Crippen LogP contribution in [0.5, 0.6) is 0 Å². The predicted octanol–water partition coefficient (Wildman–Crippen LogP) is 14.9. The number of hydrogen-bond acceptors (Lipinski definition) is 4. The lowest BCUT2D eigenvalue weighted by atomic mass is 10.0. The van der Waals surface area contributed by atoms with Crippen LogP contribution in [0.15, 0.2) is 48.6 Å². The maximum atomic E-state index is 12.5. The Hall–Kier alpha value is -1.69. The summed E-state index contributed by atoms with van der Waals surface area (Å²) in [6, 6.07) is -0.833. The largest absolute Gasteiger partial charge is 0.394 e. The number of hydrogen-bond donors (Lipinski definition) is 4. The van der Waals surface area contributed by atoms with Gasteiger partial charge in [0.1, 0.15) is 6.10 Å². The molecular formula is C52H97NO4. The maximum absolute atomic E-state index is 12.5. The molecule has 0 fully saturated rings. The van der Waals surface area contributed by atoms with Crippen molar-refractivity contribution in [2.24, 2.45) is 0 Å². The quantitative estimate of drug-likeness (QED) is 0.0365. The van der Waals surface area contributed by atoms with Crippen LogP contribution in [0.2, 0.25) is 0 Å². The monoisotopic (exact) mass is 800 g/mol. The average Bonchev–Trinajstić information content (AvgIpc) is 3.22. The lowest BCUT2D eigenvalue weighted by molar-refractivity contribution is -0.124. The number of aliphatic hydroxyl groups is 3. The summed E-state index contributed by atoms with van der Waals surface area (Å²) in [6.07, 6.45) is 61.0. The summed E-state index contributed by atoms with van der Waals surface area (Å²) >= 11 is 0. The van der Waals surface area contributed by atoms with Crippen LogP contribution < -0.4 is 5.32 Å². The Labute approximate surface area is 355 Å². The Morgan fingerprint density at radius 3 is 1.18 bits per heavy atom. The molecule has 0 aliphatic heterocycles. The van der Waals surface area contributed by atoms with E-state index in [0.29, 0.717) is 12.8 Å². The number of carbonyl (C=O) groups is 1. The van der Waals surface area contributed by atoms with E-state index in [9.17, 15) is 20.1 Å². The number of allylic oxidation sites excluding steroid dienone is 8. The fourth-order valence-electron chi connectivity index (χ4n) is 7.50. The molecule has 5 nitrogen and oxygen atoms in total. The first-order valence-corrected chi connectivity index (χ1v) is 24.9. The van der Waals surface area contributed by atoms with Crippen LogP contribution >= 0.6 is 0 Å². The van der Waals surface area contributed by atoms with E-state index in [4.69, 9.17) is 0 Å². The lowest BCUT2D eigenvalue weighted by Crippen LogP contribution is -2.50. The lowest BCUT2D eigenvalue weighted by Gasteiger charge is -2.26. The molecule has 0 saturated carbocycles. The first-order valence-electron chi connectivity index (χ1n) is 24.9. The number of carbonyl (C=O) groups excluding carboxylic acids is 1. The van der Waals surface area contributed by atoms with E-state index in [1.807, 2.05) is 0 Å². The highest BCUT2D eigenvalue weighted by molar-refractivity contribution is 5.76. The van der Waals surface area contributed by atoms with Gasteiger partial charge in [0, 0.05) is 6.42 Å². The van der Waals surface area contributed by atoms with Crippen molar-refractivity contribution in [1.29, 1.82) is 0 Å². The number of amides is 1. The van der Waals surface area contributed by atoms with E-state index in [1.54, 1.807) is 0 Å². The fraction of sp³-hybridized carbons (Fsp3) is 0.827. The molecule has 4 N–H and O–H groups in total. The summed E-state index contributed by atoms with van der Waals surface area (Å²) in [5.74, 6) is -0.160. The van der Waals surface area contributed by atoms with Crippen molar-refractivity contribution in [1.82, 2.24) is 5.32 Å². The second kappa shape index (κ2) is 47.0. The SMILES string of the molecule is CCCCCCC/C=C/CC/C=C/CCCC(O)C(O)C(CO)NC(=O)CCCCCCCCCCCCCCC/C=C\C/C=C\CCCCCCCCCCC. The smallest absolute Gasteiger partial charge is 0.220 e. The molecule has 0 aromatic heterocycles. The van der Waals surface area contributed by atoms with Gasteiger partial charge in [-0.3, -0.25) is 4.79 Å². The molecule has 5 heteroatoms. The van der Waals surface area contributed by atoms with Crippen LogP contribution in [-0.4, -0.2) is 46.1 Å². The van der Waals surface area contributed by atoms with Crippen molar-refractivity contribution in [3.8, 4) is 0 Å². The Balaban J connectivity index is 3.59. The normalized spacial score (nSPS) is 13.8. The molecule has 0 bridgehead atoms. The van der Waals surface area contributed by atoms with Gasteiger partial charge in [0.2, 0.25) is 5.91 Å². The van der Waals surface area contributed by atoms with Crippen LogP contribution in [0, 0.1) is 0 Å². The highest BCUT2D eigenvalue weighted by atomic mass is 16.3. The van der Waals surface area contributed by atoms with Crippen LogP contribution in [0.25, 0.3) is 0 Å². The summed E-state index contributed by atoms with van der Waals surface area (Å²) in [7, 11) is 0. The topological polar surface area (TPSA) is 89.8 Å². The molecule has 0 aliphatic carbocycles. The Kier molecular flexibility index (Phi) is 45.6. The highest BCUT2D eigenvalue weighted by Crippen LogP contribution is 2.15. The van der Waals surface area contributed by atoms with Gasteiger partial charge in [-0.05, 0) is 83.5 Å². The van der Waals surface area contributed by atoms with Crippen LogP contribution in [0.4, 0.5) is 0 Å². The van der Waals surface area contributed by atoms with E-state index < -0.39 is 18.2 Å². The van der Waals surface area contributed by atoms with Gasteiger partial charge >= 0.3 is 0 Å². The van der Waals surface area contributed by atoms with Gasteiger partial charge < -0.3 is 20.6 Å². The van der Waals surface area contributed by atoms with Gasteiger partial charge in [-0.15, -0.1) is 0 Å². The van der Waals surface area contributed by atoms with Gasteiger partial charge in [-0.25, -0.2) is 0 Å². The van der Waals surface area contributed by atoms with Gasteiger partial charge in [0.05, 0.1) is 18.8 Å². The number of aliphatic hydroxyl groups excluding tert-OH is 3. The number of nitrogens with one attached hydrogen (secondary N) is 1. The van der Waals surface area contributed by atoms with Crippen molar-refractivity contribution in [3.63, 3.8) is 0 Å². The molecule has 0 aromatic carbocycles. The van der Waals surface area contributed by atoms with Crippen molar-refractivity contribution in [3.05, 3.63) is 48.6 Å². The van der Waals surface area contributed by atoms with Gasteiger partial charge in [0.25, 0.3) is 0 Å². The second-order valence-corrected chi connectivity index (χ2v) is 17.0. The Morgan fingerprint density at radius 2 is 0.772 bits per heavy atom. The van der Waals surface area contributed by atoms with E-state index >= 15 is 0 Å². The minimum atomic E-state index is -1.17. The van der Waals surface area contributed by atoms with E-state index in [1.165, 1.54) is 173 Å². The molecule has 334 valence electrons. The summed E-state index contributed by atoms with van der Waals surface area (Å²) in [5.41, 5.74) is 0. The summed E-state index contributed by atoms with van der Waals surface area (Å²) in [5, 5.41) is 33.5. The molecule has 0 radical (unpaired) electrons. The summed E-state index contributed by atoms with van der Waals surface area (Å²) < 4.78 is 0. The molecule has 0 rings (SSSR count). The summed E-state index contributed by atoms with van der Waals surface area (Å²) in [6.45, 7) is 4.15. The van der Waals surface area contributed by atoms with E-state index in [2.05, 4.69) is 67.8 Å². The van der Waals surface area contributed by atoms with Gasteiger partial charge in [-0.2, -0.15) is 0 Å². The average molecular weight is 800 g/mol. The minimum absolute atomic E-state index is 0.160. The van der Waals surface area contributed by atoms with Crippen molar-refractivity contribution >= 4 is 5.91 Å². The summed E-state index contributed by atoms with van der Waals surface area (Å²) in [4.78, 5) is 12.5. The van der Waals surface area contributed by atoms with Crippen LogP contribution in [-0.2, 0) is 4.79 Å². The Bertz CT molecular complexity index is 927. The predicted molar refractivity (Wildman–Crippen MR) is 250 cm³/mol. The molecule has 3 atom stereocenters. The highest BCUT2D eigenvalue weighted by Gasteiger charge is 2.26. The molecule has 0 spiro atoms. The first-order chi connectivity index (χ1) is 28.1. The first kappa shape index (κ1) is 55.3. The van der Waals surface area contributed by atoms with E-state index in [-0.39, 0.29) is 12.5 Å². The van der Waals surface area contributed by atoms with Crippen LogP contribution in [0.3, 0.4) is 0 Å². The number of rotatable bonds is 45. The van der Waals surface area contributed by atoms with Gasteiger partial charge in [-0.1, -0.05) is 210 Å². The Morgan fingerprint density at radius 1 is 0.439 bits per heavy atom. The van der Waals surface area contributed by atoms with Crippen molar-refractivity contribution in [2.45, 2.75) is 270 Å². The second-order valence-electron chi connectivity index (χ2n) is 17.0. The van der Waals surface area contributed by atoms with Crippen molar-refractivity contribution in [2.75, 3.05) is 6.61 Å². The zero-order chi connectivity index (χ0) is 41.5. The molecule has 0 saturated heterocycles. The van der Waals surface area contributed by atoms with Gasteiger partial charge in [0.15, 0.2) is 0 Å². The fourth-order valence-corrected chi connectivity index (χ4v) is 7.50. The molecular weight excluding hydrogens is 703 g/mol. The zero-order valence-corrected chi connectivity index (χ0v) is 38.0. The molecule has 0 heterocycles. The molecule has 57 heavy (non-hydrogen) atoms. The maximum Gasteiger partial charge on any atom is 0.220 e. The zero-order valence-electron chi connectivity index (χ0n) is 38.0. The van der Waals surface area contributed by atoms with Crippen molar-refractivity contribution < 1.29 is 20.1 Å². The molecule has 0 aliphatic rings. The third-order valence-electron chi connectivity index (χ3n) is 11.4. The minimum Gasteiger partial charge on any atom is -0.394 e. The van der Waals surface area contributed by atoms with Crippen LogP contribution in [0.1, 0.15) is 251 Å².